The fourth-order valence-electron chi connectivity index (χ4n) is 2.27. The summed E-state index contributed by atoms with van der Waals surface area (Å²) in [6.07, 6.45) is 2.72. The highest BCUT2D eigenvalue weighted by Crippen LogP contribution is 2.32. The van der Waals surface area contributed by atoms with Crippen LogP contribution in [-0.2, 0) is 0 Å². The summed E-state index contributed by atoms with van der Waals surface area (Å²) in [7, 11) is 0. The summed E-state index contributed by atoms with van der Waals surface area (Å²) in [5.74, 6) is 2.21. The Morgan fingerprint density at radius 2 is 2.00 bits per heavy atom. The number of rotatable bonds is 7. The standard InChI is InChI=1S/C16H25NO/c1-4-18-16-8-6-5-7-15(16)13(3)12(2)11-17-14-9-10-14/h5-8,12-14,17H,4,9-11H2,1-3H3. The number of hydrogen-bond donors (Lipinski definition) is 1. The Morgan fingerprint density at radius 3 is 2.67 bits per heavy atom. The normalized spacial score (nSPS) is 18.4. The summed E-state index contributed by atoms with van der Waals surface area (Å²) in [6, 6.07) is 9.23. The molecule has 100 valence electrons. The molecule has 0 aromatic heterocycles. The minimum atomic E-state index is 0.527. The van der Waals surface area contributed by atoms with E-state index in [4.69, 9.17) is 4.74 Å². The zero-order chi connectivity index (χ0) is 13.0. The highest BCUT2D eigenvalue weighted by molar-refractivity contribution is 5.36. The second-order valence-corrected chi connectivity index (χ2v) is 5.42. The maximum atomic E-state index is 5.73. The molecule has 1 fully saturated rings. The second kappa shape index (κ2) is 6.24. The molecule has 2 nitrogen and oxygen atoms in total. The third kappa shape index (κ3) is 3.49. The lowest BCUT2D eigenvalue weighted by Crippen LogP contribution is -2.26. The molecule has 2 unspecified atom stereocenters. The van der Waals surface area contributed by atoms with Crippen LogP contribution in [0.5, 0.6) is 5.75 Å². The summed E-state index contributed by atoms with van der Waals surface area (Å²) in [6.45, 7) is 8.50. The first-order valence-electron chi connectivity index (χ1n) is 7.17. The molecule has 2 heteroatoms. The van der Waals surface area contributed by atoms with Gasteiger partial charge in [-0.2, -0.15) is 0 Å². The predicted molar refractivity (Wildman–Crippen MR) is 76.2 cm³/mol. The van der Waals surface area contributed by atoms with Crippen LogP contribution in [0.4, 0.5) is 0 Å². The molecule has 0 radical (unpaired) electrons. The van der Waals surface area contributed by atoms with E-state index in [0.717, 1.165) is 24.9 Å². The van der Waals surface area contributed by atoms with Crippen LogP contribution in [0.3, 0.4) is 0 Å². The molecule has 1 aromatic rings. The summed E-state index contributed by atoms with van der Waals surface area (Å²) in [4.78, 5) is 0. The molecule has 0 heterocycles. The zero-order valence-corrected chi connectivity index (χ0v) is 11.8. The molecule has 18 heavy (non-hydrogen) atoms. The van der Waals surface area contributed by atoms with E-state index in [-0.39, 0.29) is 0 Å². The van der Waals surface area contributed by atoms with E-state index in [0.29, 0.717) is 11.8 Å². The van der Waals surface area contributed by atoms with Gasteiger partial charge in [-0.3, -0.25) is 0 Å². The fraction of sp³-hybridized carbons (Fsp3) is 0.625. The first-order valence-corrected chi connectivity index (χ1v) is 7.17. The lowest BCUT2D eigenvalue weighted by atomic mass is 9.88. The van der Waals surface area contributed by atoms with Crippen LogP contribution < -0.4 is 10.1 Å². The molecule has 1 N–H and O–H groups in total. The van der Waals surface area contributed by atoms with E-state index in [1.807, 2.05) is 13.0 Å². The first kappa shape index (κ1) is 13.4. The van der Waals surface area contributed by atoms with Crippen molar-refractivity contribution in [2.45, 2.75) is 45.6 Å². The van der Waals surface area contributed by atoms with Gasteiger partial charge < -0.3 is 10.1 Å². The Balaban J connectivity index is 1.98. The van der Waals surface area contributed by atoms with Crippen LogP contribution in [0, 0.1) is 5.92 Å². The number of ether oxygens (including phenoxy) is 1. The molecule has 0 amide bonds. The van der Waals surface area contributed by atoms with Gasteiger partial charge in [-0.05, 0) is 49.8 Å². The van der Waals surface area contributed by atoms with Crippen LogP contribution in [0.25, 0.3) is 0 Å². The van der Waals surface area contributed by atoms with Crippen LogP contribution >= 0.6 is 0 Å². The van der Waals surface area contributed by atoms with Gasteiger partial charge >= 0.3 is 0 Å². The van der Waals surface area contributed by atoms with Crippen molar-refractivity contribution in [3.63, 3.8) is 0 Å². The number of para-hydroxylation sites is 1. The molecule has 1 aromatic carbocycles. The van der Waals surface area contributed by atoms with E-state index in [1.165, 1.54) is 18.4 Å². The van der Waals surface area contributed by atoms with E-state index >= 15 is 0 Å². The van der Waals surface area contributed by atoms with Gasteiger partial charge in [0, 0.05) is 6.04 Å². The third-order valence-corrected chi connectivity index (χ3v) is 3.87. The van der Waals surface area contributed by atoms with Crippen molar-refractivity contribution < 1.29 is 4.74 Å². The van der Waals surface area contributed by atoms with Crippen LogP contribution in [0.2, 0.25) is 0 Å². The van der Waals surface area contributed by atoms with Crippen molar-refractivity contribution in [2.24, 2.45) is 5.92 Å². The fourth-order valence-corrected chi connectivity index (χ4v) is 2.27. The van der Waals surface area contributed by atoms with Crippen molar-refractivity contribution in [1.29, 1.82) is 0 Å². The van der Waals surface area contributed by atoms with Crippen LogP contribution in [0.1, 0.15) is 45.1 Å². The number of benzene rings is 1. The Labute approximate surface area is 111 Å². The zero-order valence-electron chi connectivity index (χ0n) is 11.8. The Bertz CT molecular complexity index is 373. The first-order chi connectivity index (χ1) is 8.72. The quantitative estimate of drug-likeness (QED) is 0.795. The van der Waals surface area contributed by atoms with Crippen LogP contribution in [0.15, 0.2) is 24.3 Å². The average molecular weight is 247 g/mol. The van der Waals surface area contributed by atoms with E-state index in [2.05, 4.69) is 37.4 Å². The summed E-state index contributed by atoms with van der Waals surface area (Å²) in [5, 5.41) is 3.62. The monoisotopic (exact) mass is 247 g/mol. The minimum Gasteiger partial charge on any atom is -0.494 e. The molecule has 1 saturated carbocycles. The maximum Gasteiger partial charge on any atom is 0.122 e. The molecule has 1 aliphatic carbocycles. The van der Waals surface area contributed by atoms with Gasteiger partial charge in [0.15, 0.2) is 0 Å². The van der Waals surface area contributed by atoms with Crippen molar-refractivity contribution in [2.75, 3.05) is 13.2 Å². The largest absolute Gasteiger partial charge is 0.494 e. The van der Waals surface area contributed by atoms with Crippen molar-refractivity contribution >= 4 is 0 Å². The number of nitrogens with one attached hydrogen (secondary N) is 1. The lowest BCUT2D eigenvalue weighted by molar-refractivity contribution is 0.329. The molecule has 2 atom stereocenters. The summed E-state index contributed by atoms with van der Waals surface area (Å²) < 4.78 is 5.73. The van der Waals surface area contributed by atoms with E-state index < -0.39 is 0 Å². The maximum absolute atomic E-state index is 5.73. The van der Waals surface area contributed by atoms with Crippen molar-refractivity contribution in [1.82, 2.24) is 5.32 Å². The van der Waals surface area contributed by atoms with Crippen LogP contribution in [-0.4, -0.2) is 19.2 Å². The molecule has 2 rings (SSSR count). The highest BCUT2D eigenvalue weighted by Gasteiger charge is 2.23. The van der Waals surface area contributed by atoms with E-state index in [9.17, 15) is 0 Å². The summed E-state index contributed by atoms with van der Waals surface area (Å²) >= 11 is 0. The smallest absolute Gasteiger partial charge is 0.122 e. The topological polar surface area (TPSA) is 21.3 Å². The predicted octanol–water partition coefficient (Wildman–Crippen LogP) is 3.58. The van der Waals surface area contributed by atoms with Crippen molar-refractivity contribution in [3.8, 4) is 5.75 Å². The molecule has 0 spiro atoms. The molecule has 0 saturated heterocycles. The molecule has 1 aliphatic rings. The van der Waals surface area contributed by atoms with Crippen molar-refractivity contribution in [3.05, 3.63) is 29.8 Å². The van der Waals surface area contributed by atoms with E-state index in [1.54, 1.807) is 0 Å². The second-order valence-electron chi connectivity index (χ2n) is 5.42. The van der Waals surface area contributed by atoms with Gasteiger partial charge in [0.05, 0.1) is 6.61 Å². The molecular formula is C16H25NO. The Morgan fingerprint density at radius 1 is 1.28 bits per heavy atom. The Kier molecular flexibility index (Phi) is 4.65. The SMILES string of the molecule is CCOc1ccccc1C(C)C(C)CNC1CC1. The number of hydrogen-bond acceptors (Lipinski definition) is 2. The minimum absolute atomic E-state index is 0.527. The van der Waals surface area contributed by atoms with Gasteiger partial charge in [0.2, 0.25) is 0 Å². The van der Waals surface area contributed by atoms with Gasteiger partial charge in [-0.1, -0.05) is 32.0 Å². The van der Waals surface area contributed by atoms with Gasteiger partial charge in [0.25, 0.3) is 0 Å². The Hall–Kier alpha value is -1.02. The summed E-state index contributed by atoms with van der Waals surface area (Å²) in [5.41, 5.74) is 1.34. The molecule has 0 bridgehead atoms. The third-order valence-electron chi connectivity index (χ3n) is 3.87. The average Bonchev–Trinajstić information content (AvgIpc) is 3.20. The highest BCUT2D eigenvalue weighted by atomic mass is 16.5. The van der Waals surface area contributed by atoms with Gasteiger partial charge in [0.1, 0.15) is 5.75 Å². The molecular weight excluding hydrogens is 222 g/mol. The molecule has 0 aliphatic heterocycles. The van der Waals surface area contributed by atoms with Gasteiger partial charge in [-0.15, -0.1) is 0 Å². The lowest BCUT2D eigenvalue weighted by Gasteiger charge is -2.23. The van der Waals surface area contributed by atoms with Gasteiger partial charge in [-0.25, -0.2) is 0 Å².